The van der Waals surface area contributed by atoms with E-state index in [2.05, 4.69) is 15.5 Å². The second-order valence-electron chi connectivity index (χ2n) is 7.81. The van der Waals surface area contributed by atoms with Crippen LogP contribution in [-0.2, 0) is 11.3 Å². The maximum absolute atomic E-state index is 12.4. The van der Waals surface area contributed by atoms with E-state index in [4.69, 9.17) is 25.8 Å². The van der Waals surface area contributed by atoms with E-state index < -0.39 is 0 Å². The summed E-state index contributed by atoms with van der Waals surface area (Å²) in [6, 6.07) is 13.1. The third-order valence-corrected chi connectivity index (χ3v) is 6.76. The number of fused-ring (bicyclic) bond motifs is 1. The molecule has 0 saturated heterocycles. The van der Waals surface area contributed by atoms with Gasteiger partial charge in [0.2, 0.25) is 11.7 Å². The Kier molecular flexibility index (Phi) is 4.69. The van der Waals surface area contributed by atoms with Crippen molar-refractivity contribution in [2.75, 3.05) is 11.5 Å². The Labute approximate surface area is 192 Å². The summed E-state index contributed by atoms with van der Waals surface area (Å²) in [6.07, 6.45) is 2.50. The lowest BCUT2D eigenvalue weighted by Gasteiger charge is -2.28. The van der Waals surface area contributed by atoms with Crippen LogP contribution in [0.1, 0.15) is 29.7 Å². The molecule has 0 spiro atoms. The normalized spacial score (nSPS) is 15.5. The smallest absolute Gasteiger partial charge is 0.265 e. The van der Waals surface area contributed by atoms with Crippen molar-refractivity contribution in [3.63, 3.8) is 0 Å². The number of amides is 1. The minimum Gasteiger partial charge on any atom is -0.482 e. The van der Waals surface area contributed by atoms with Gasteiger partial charge < -0.3 is 9.26 Å². The Hall–Kier alpha value is -3.23. The van der Waals surface area contributed by atoms with Crippen molar-refractivity contribution in [3.8, 4) is 28.4 Å². The standard InChI is InChI=1S/C23H17ClN4O3S/c24-16-7-8-19-18(9-16)28(21(29)11-30-19)10-20-26-22(27-31-20)14-3-1-13(2-4-14)17-12-32-23(25-17)15-5-6-15/h1-4,7-9,12,15H,5-6,10-11H2. The van der Waals surface area contributed by atoms with Gasteiger partial charge in [-0.3, -0.25) is 9.69 Å². The summed E-state index contributed by atoms with van der Waals surface area (Å²) in [6.45, 7) is 0.0968. The van der Waals surface area contributed by atoms with Crippen molar-refractivity contribution in [1.29, 1.82) is 0 Å². The fourth-order valence-corrected chi connectivity index (χ4v) is 4.81. The fourth-order valence-electron chi connectivity index (χ4n) is 3.65. The maximum atomic E-state index is 12.4. The molecule has 160 valence electrons. The number of anilines is 1. The van der Waals surface area contributed by atoms with E-state index in [0.29, 0.717) is 34.1 Å². The first-order valence-electron chi connectivity index (χ1n) is 10.3. The summed E-state index contributed by atoms with van der Waals surface area (Å²) in [5.41, 5.74) is 3.48. The number of ether oxygens (including phenoxy) is 1. The summed E-state index contributed by atoms with van der Waals surface area (Å²) in [7, 11) is 0. The number of halogens is 1. The maximum Gasteiger partial charge on any atom is 0.265 e. The lowest BCUT2D eigenvalue weighted by atomic mass is 10.1. The van der Waals surface area contributed by atoms with Crippen LogP contribution in [0.25, 0.3) is 22.6 Å². The molecule has 4 aromatic rings. The average Bonchev–Trinajstić information content (AvgIpc) is 3.35. The van der Waals surface area contributed by atoms with Crippen molar-refractivity contribution in [2.24, 2.45) is 0 Å². The molecule has 1 aliphatic carbocycles. The first kappa shape index (κ1) is 19.5. The topological polar surface area (TPSA) is 81.4 Å². The molecular formula is C23H17ClN4O3S. The van der Waals surface area contributed by atoms with Gasteiger partial charge in [-0.15, -0.1) is 11.3 Å². The molecule has 3 heterocycles. The van der Waals surface area contributed by atoms with E-state index in [0.717, 1.165) is 16.8 Å². The Morgan fingerprint density at radius 2 is 1.91 bits per heavy atom. The summed E-state index contributed by atoms with van der Waals surface area (Å²) in [4.78, 5) is 23.2. The molecule has 6 rings (SSSR count). The summed E-state index contributed by atoms with van der Waals surface area (Å²) >= 11 is 7.84. The number of carbonyl (C=O) groups is 1. The second kappa shape index (κ2) is 7.72. The summed E-state index contributed by atoms with van der Waals surface area (Å²) in [5, 5.41) is 7.95. The van der Waals surface area contributed by atoms with E-state index in [1.807, 2.05) is 24.3 Å². The second-order valence-corrected chi connectivity index (χ2v) is 9.14. The van der Waals surface area contributed by atoms with Crippen molar-refractivity contribution >= 4 is 34.5 Å². The van der Waals surface area contributed by atoms with Crippen molar-refractivity contribution in [3.05, 3.63) is 63.8 Å². The molecule has 1 fully saturated rings. The lowest BCUT2D eigenvalue weighted by Crippen LogP contribution is -2.38. The molecule has 0 radical (unpaired) electrons. The zero-order valence-corrected chi connectivity index (χ0v) is 18.4. The molecule has 32 heavy (non-hydrogen) atoms. The monoisotopic (exact) mass is 464 g/mol. The van der Waals surface area contributed by atoms with Crippen LogP contribution in [0, 0.1) is 0 Å². The molecule has 2 aliphatic rings. The molecule has 2 aromatic heterocycles. The van der Waals surface area contributed by atoms with Gasteiger partial charge in [0.05, 0.1) is 16.4 Å². The van der Waals surface area contributed by atoms with Gasteiger partial charge in [0.25, 0.3) is 5.91 Å². The van der Waals surface area contributed by atoms with Gasteiger partial charge in [0.1, 0.15) is 12.3 Å². The van der Waals surface area contributed by atoms with Crippen LogP contribution in [0.4, 0.5) is 5.69 Å². The SMILES string of the molecule is O=C1COc2ccc(Cl)cc2N1Cc1nc(-c2ccc(-c3csc(C4CC4)n3)cc2)no1. The van der Waals surface area contributed by atoms with Crippen molar-refractivity contribution < 1.29 is 14.1 Å². The minimum atomic E-state index is -0.197. The third-order valence-electron chi connectivity index (χ3n) is 5.51. The van der Waals surface area contributed by atoms with Gasteiger partial charge in [-0.1, -0.05) is 41.0 Å². The number of thiazole rings is 1. The van der Waals surface area contributed by atoms with Gasteiger partial charge in [-0.25, -0.2) is 4.98 Å². The molecule has 1 aliphatic heterocycles. The van der Waals surface area contributed by atoms with Crippen LogP contribution < -0.4 is 9.64 Å². The first-order valence-corrected chi connectivity index (χ1v) is 11.5. The fraction of sp³-hybridized carbons (Fsp3) is 0.217. The highest BCUT2D eigenvalue weighted by Crippen LogP contribution is 2.42. The highest BCUT2D eigenvalue weighted by atomic mass is 35.5. The minimum absolute atomic E-state index is 0.0455. The van der Waals surface area contributed by atoms with Gasteiger partial charge in [0, 0.05) is 27.4 Å². The lowest BCUT2D eigenvalue weighted by molar-refractivity contribution is -0.121. The number of aromatic nitrogens is 3. The number of nitrogens with zero attached hydrogens (tertiary/aromatic N) is 4. The molecule has 9 heteroatoms. The number of hydrogen-bond acceptors (Lipinski definition) is 7. The van der Waals surface area contributed by atoms with Crippen LogP contribution >= 0.6 is 22.9 Å². The van der Waals surface area contributed by atoms with Gasteiger partial charge in [0.15, 0.2) is 6.61 Å². The highest BCUT2D eigenvalue weighted by Gasteiger charge is 2.28. The average molecular weight is 465 g/mol. The predicted molar refractivity (Wildman–Crippen MR) is 121 cm³/mol. The Bertz CT molecular complexity index is 1310. The van der Waals surface area contributed by atoms with Crippen LogP contribution in [-0.4, -0.2) is 27.6 Å². The molecule has 0 atom stereocenters. The quantitative estimate of drug-likeness (QED) is 0.397. The number of rotatable bonds is 5. The zero-order valence-electron chi connectivity index (χ0n) is 16.8. The van der Waals surface area contributed by atoms with E-state index in [-0.39, 0.29) is 19.1 Å². The highest BCUT2D eigenvalue weighted by molar-refractivity contribution is 7.10. The molecule has 0 unspecified atom stereocenters. The van der Waals surface area contributed by atoms with E-state index in [9.17, 15) is 4.79 Å². The van der Waals surface area contributed by atoms with Gasteiger partial charge in [-0.05, 0) is 31.0 Å². The molecule has 7 nitrogen and oxygen atoms in total. The molecule has 1 saturated carbocycles. The Morgan fingerprint density at radius 1 is 1.09 bits per heavy atom. The zero-order chi connectivity index (χ0) is 21.7. The molecular weight excluding hydrogens is 448 g/mol. The Morgan fingerprint density at radius 3 is 2.72 bits per heavy atom. The summed E-state index contributed by atoms with van der Waals surface area (Å²) < 4.78 is 10.9. The molecule has 0 N–H and O–H groups in total. The number of benzene rings is 2. The Balaban J connectivity index is 1.21. The van der Waals surface area contributed by atoms with E-state index >= 15 is 0 Å². The van der Waals surface area contributed by atoms with Gasteiger partial charge in [-0.2, -0.15) is 4.98 Å². The predicted octanol–water partition coefficient (Wildman–Crippen LogP) is 5.32. The molecule has 0 bridgehead atoms. The van der Waals surface area contributed by atoms with Crippen LogP contribution in [0.2, 0.25) is 5.02 Å². The van der Waals surface area contributed by atoms with E-state index in [1.165, 1.54) is 17.8 Å². The number of hydrogen-bond donors (Lipinski definition) is 0. The van der Waals surface area contributed by atoms with Crippen LogP contribution in [0.5, 0.6) is 5.75 Å². The summed E-state index contributed by atoms with van der Waals surface area (Å²) in [5.74, 6) is 1.86. The third kappa shape index (κ3) is 3.65. The van der Waals surface area contributed by atoms with Crippen LogP contribution in [0.3, 0.4) is 0 Å². The number of carbonyl (C=O) groups excluding carboxylic acids is 1. The first-order chi connectivity index (χ1) is 15.6. The largest absolute Gasteiger partial charge is 0.482 e. The van der Waals surface area contributed by atoms with Crippen LogP contribution in [0.15, 0.2) is 52.4 Å². The van der Waals surface area contributed by atoms with Gasteiger partial charge >= 0.3 is 0 Å². The molecule has 1 amide bonds. The van der Waals surface area contributed by atoms with Crippen molar-refractivity contribution in [2.45, 2.75) is 25.3 Å². The van der Waals surface area contributed by atoms with E-state index in [1.54, 1.807) is 34.4 Å². The van der Waals surface area contributed by atoms with Crippen molar-refractivity contribution in [1.82, 2.24) is 15.1 Å². The molecule has 2 aromatic carbocycles.